The molecular weight excluding hydrogens is 564 g/mol. The zero-order valence-corrected chi connectivity index (χ0v) is 24.6. The van der Waals surface area contributed by atoms with Gasteiger partial charge in [-0.2, -0.15) is 0 Å². The van der Waals surface area contributed by atoms with Gasteiger partial charge in [0.15, 0.2) is 0 Å². The van der Waals surface area contributed by atoms with Crippen LogP contribution in [0.5, 0.6) is 0 Å². The van der Waals surface area contributed by atoms with Gasteiger partial charge < -0.3 is 8.83 Å². The Bertz CT molecular complexity index is 2690. The first-order valence-corrected chi connectivity index (χ1v) is 15.4. The maximum atomic E-state index is 6.53. The number of hydrogen-bond donors (Lipinski definition) is 0. The van der Waals surface area contributed by atoms with Crippen molar-refractivity contribution in [3.63, 3.8) is 0 Å². The van der Waals surface area contributed by atoms with Crippen molar-refractivity contribution in [1.82, 2.24) is 9.97 Å². The fourth-order valence-electron chi connectivity index (χ4n) is 7.06. The highest BCUT2D eigenvalue weighted by Gasteiger charge is 2.18. The van der Waals surface area contributed by atoms with Gasteiger partial charge in [0.05, 0.1) is 11.0 Å². The van der Waals surface area contributed by atoms with Gasteiger partial charge in [-0.05, 0) is 70.8 Å². The largest absolute Gasteiger partial charge is 0.455 e. The number of fused-ring (bicyclic) bond motifs is 9. The van der Waals surface area contributed by atoms with E-state index in [-0.39, 0.29) is 0 Å². The lowest BCUT2D eigenvalue weighted by molar-refractivity contribution is 0.670. The fourth-order valence-corrected chi connectivity index (χ4v) is 7.06. The molecule has 4 heterocycles. The Hall–Kier alpha value is -6.26. The number of hydrogen-bond acceptors (Lipinski definition) is 4. The molecule has 0 saturated carbocycles. The van der Waals surface area contributed by atoms with E-state index in [2.05, 4.69) is 97.1 Å². The van der Waals surface area contributed by atoms with Gasteiger partial charge in [-0.25, -0.2) is 0 Å². The third-order valence-corrected chi connectivity index (χ3v) is 9.14. The van der Waals surface area contributed by atoms with Gasteiger partial charge >= 0.3 is 0 Å². The van der Waals surface area contributed by atoms with Crippen molar-refractivity contribution in [3.05, 3.63) is 146 Å². The first-order valence-electron chi connectivity index (χ1n) is 15.4. The molecule has 10 rings (SSSR count). The van der Waals surface area contributed by atoms with Crippen LogP contribution in [0.1, 0.15) is 0 Å². The van der Waals surface area contributed by atoms with Crippen molar-refractivity contribution in [3.8, 4) is 33.4 Å². The van der Waals surface area contributed by atoms with E-state index >= 15 is 0 Å². The Balaban J connectivity index is 1.31. The van der Waals surface area contributed by atoms with Crippen LogP contribution in [0.15, 0.2) is 155 Å². The zero-order valence-electron chi connectivity index (χ0n) is 24.6. The van der Waals surface area contributed by atoms with Crippen molar-refractivity contribution in [2.45, 2.75) is 0 Å². The van der Waals surface area contributed by atoms with Crippen molar-refractivity contribution in [2.24, 2.45) is 0 Å². The van der Waals surface area contributed by atoms with E-state index in [1.165, 1.54) is 0 Å². The Morgan fingerprint density at radius 2 is 0.870 bits per heavy atom. The number of furan rings is 2. The minimum absolute atomic E-state index is 0.878. The van der Waals surface area contributed by atoms with Crippen molar-refractivity contribution < 1.29 is 8.83 Å². The highest BCUT2D eigenvalue weighted by molar-refractivity contribution is 6.13. The number of benzene rings is 6. The van der Waals surface area contributed by atoms with Gasteiger partial charge in [0.25, 0.3) is 0 Å². The molecule has 46 heavy (non-hydrogen) atoms. The molecule has 0 amide bonds. The monoisotopic (exact) mass is 588 g/mol. The summed E-state index contributed by atoms with van der Waals surface area (Å²) in [4.78, 5) is 9.49. The first-order chi connectivity index (χ1) is 22.8. The summed E-state index contributed by atoms with van der Waals surface area (Å²) in [6, 6.07) is 46.5. The Morgan fingerprint density at radius 1 is 0.370 bits per heavy atom. The number of rotatable bonds is 3. The van der Waals surface area contributed by atoms with Crippen LogP contribution in [-0.4, -0.2) is 9.97 Å². The lowest BCUT2D eigenvalue weighted by Gasteiger charge is -2.14. The Kier molecular flexibility index (Phi) is 5.25. The topological polar surface area (TPSA) is 52.1 Å². The summed E-state index contributed by atoms with van der Waals surface area (Å²) in [7, 11) is 0. The minimum atomic E-state index is 0.878. The van der Waals surface area contributed by atoms with E-state index in [4.69, 9.17) is 18.8 Å². The maximum absolute atomic E-state index is 6.53. The van der Waals surface area contributed by atoms with Crippen molar-refractivity contribution in [1.29, 1.82) is 0 Å². The molecule has 0 unspecified atom stereocenters. The second-order valence-corrected chi connectivity index (χ2v) is 11.8. The smallest absolute Gasteiger partial charge is 0.143 e. The molecule has 6 aromatic carbocycles. The van der Waals surface area contributed by atoms with Crippen molar-refractivity contribution >= 4 is 65.7 Å². The SMILES string of the molecule is c1cnc2c(c1)cc(-c1cc(-c3cccc4c3oc3ccccc34)cc(-c3cccc4c3oc3ccccc34)c1)c1cccnc12. The number of pyridine rings is 2. The summed E-state index contributed by atoms with van der Waals surface area (Å²) in [6.45, 7) is 0. The van der Waals surface area contributed by atoms with E-state index < -0.39 is 0 Å². The Morgan fingerprint density at radius 3 is 1.50 bits per heavy atom. The Labute approximate surface area is 263 Å². The third kappa shape index (κ3) is 3.67. The molecule has 0 saturated heterocycles. The van der Waals surface area contributed by atoms with E-state index in [9.17, 15) is 0 Å². The summed E-state index contributed by atoms with van der Waals surface area (Å²) < 4.78 is 13.1. The van der Waals surface area contributed by atoms with Crippen LogP contribution in [0.2, 0.25) is 0 Å². The fraction of sp³-hybridized carbons (Fsp3) is 0. The second kappa shape index (κ2) is 9.62. The zero-order chi connectivity index (χ0) is 30.2. The molecule has 0 spiro atoms. The maximum Gasteiger partial charge on any atom is 0.143 e. The molecule has 0 aliphatic heterocycles. The molecular formula is C42H24N2O2. The molecule has 0 fully saturated rings. The molecule has 214 valence electrons. The molecule has 0 bridgehead atoms. The summed E-state index contributed by atoms with van der Waals surface area (Å²) in [5.74, 6) is 0. The minimum Gasteiger partial charge on any atom is -0.455 e. The van der Waals surface area contributed by atoms with Crippen LogP contribution < -0.4 is 0 Å². The lowest BCUT2D eigenvalue weighted by Crippen LogP contribution is -1.91. The van der Waals surface area contributed by atoms with Crippen LogP contribution in [-0.2, 0) is 0 Å². The van der Waals surface area contributed by atoms with Gasteiger partial charge in [-0.3, -0.25) is 9.97 Å². The molecule has 0 aliphatic rings. The van der Waals surface area contributed by atoms with Crippen LogP contribution >= 0.6 is 0 Å². The molecule has 0 radical (unpaired) electrons. The highest BCUT2D eigenvalue weighted by Crippen LogP contribution is 2.43. The molecule has 0 N–H and O–H groups in total. The van der Waals surface area contributed by atoms with Crippen LogP contribution in [0.25, 0.3) is 99.1 Å². The number of nitrogens with zero attached hydrogens (tertiary/aromatic N) is 2. The van der Waals surface area contributed by atoms with Crippen LogP contribution in [0.4, 0.5) is 0 Å². The highest BCUT2D eigenvalue weighted by atomic mass is 16.3. The van der Waals surface area contributed by atoms with Gasteiger partial charge in [-0.15, -0.1) is 0 Å². The predicted octanol–water partition coefficient (Wildman–Crippen LogP) is 11.6. The van der Waals surface area contributed by atoms with Gasteiger partial charge in [0.2, 0.25) is 0 Å². The molecule has 0 atom stereocenters. The van der Waals surface area contributed by atoms with Crippen molar-refractivity contribution in [2.75, 3.05) is 0 Å². The average molecular weight is 589 g/mol. The first kappa shape index (κ1) is 25.1. The summed E-state index contributed by atoms with van der Waals surface area (Å²) >= 11 is 0. The number of aromatic nitrogens is 2. The van der Waals surface area contributed by atoms with E-state index in [1.54, 1.807) is 0 Å². The summed E-state index contributed by atoms with van der Waals surface area (Å²) in [5, 5.41) is 6.54. The van der Waals surface area contributed by atoms with Gasteiger partial charge in [0, 0.05) is 55.8 Å². The predicted molar refractivity (Wildman–Crippen MR) is 188 cm³/mol. The van der Waals surface area contributed by atoms with Gasteiger partial charge in [-0.1, -0.05) is 84.9 Å². The van der Waals surface area contributed by atoms with E-state index in [0.29, 0.717) is 0 Å². The molecule has 4 heteroatoms. The standard InChI is InChI=1S/C42H24N2O2/c1-3-17-37-31(10-1)34-14-5-12-29(41(34)45-37)26-21-27(30-13-6-15-35-32-11-2-4-18-38(32)46-42(30)35)23-28(22-26)36-24-25-9-7-19-43-39(25)40-33(36)16-8-20-44-40/h1-24H. The summed E-state index contributed by atoms with van der Waals surface area (Å²) in [5.41, 5.74) is 11.7. The van der Waals surface area contributed by atoms with E-state index in [0.717, 1.165) is 99.1 Å². The van der Waals surface area contributed by atoms with Gasteiger partial charge in [0.1, 0.15) is 22.3 Å². The number of para-hydroxylation sites is 4. The lowest BCUT2D eigenvalue weighted by atomic mass is 9.90. The van der Waals surface area contributed by atoms with E-state index in [1.807, 2.05) is 48.8 Å². The van der Waals surface area contributed by atoms with Crippen LogP contribution in [0.3, 0.4) is 0 Å². The average Bonchev–Trinajstić information content (AvgIpc) is 3.70. The molecule has 4 nitrogen and oxygen atoms in total. The summed E-state index contributed by atoms with van der Waals surface area (Å²) in [6.07, 6.45) is 3.67. The quantitative estimate of drug-likeness (QED) is 0.193. The second-order valence-electron chi connectivity index (χ2n) is 11.8. The molecule has 4 aromatic heterocycles. The molecule has 0 aliphatic carbocycles. The molecule has 10 aromatic rings. The normalized spacial score (nSPS) is 11.9. The van der Waals surface area contributed by atoms with Crippen LogP contribution in [0, 0.1) is 0 Å². The third-order valence-electron chi connectivity index (χ3n) is 9.14.